The Morgan fingerprint density at radius 2 is 1.76 bits per heavy atom. The summed E-state index contributed by atoms with van der Waals surface area (Å²) in [5.74, 6) is -2.91. The number of carbonyl (C=O) groups is 2. The third-order valence-electron chi connectivity index (χ3n) is 4.06. The molecule has 0 radical (unpaired) electrons. The Bertz CT molecular complexity index is 1150. The molecular weight excluding hydrogens is 416 g/mol. The van der Waals surface area contributed by atoms with Gasteiger partial charge in [-0.2, -0.15) is 0 Å². The van der Waals surface area contributed by atoms with E-state index >= 15 is 0 Å². The average Bonchev–Trinajstić information content (AvgIpc) is 2.62. The fourth-order valence-corrected chi connectivity index (χ4v) is 3.80. The normalized spacial score (nSPS) is 10.4. The summed E-state index contributed by atoms with van der Waals surface area (Å²) in [6.07, 6.45) is 1.08. The number of aryl methyl sites for hydroxylation is 1. The predicted molar refractivity (Wildman–Crippen MR) is 96.8 cm³/mol. The van der Waals surface area contributed by atoms with E-state index in [1.165, 1.54) is 17.8 Å². The van der Waals surface area contributed by atoms with Gasteiger partial charge in [0, 0.05) is 21.9 Å². The van der Waals surface area contributed by atoms with Crippen LogP contribution in [0.1, 0.15) is 46.9 Å². The van der Waals surface area contributed by atoms with Gasteiger partial charge >= 0.3 is 59.1 Å². The molecule has 0 N–H and O–H groups in total. The number of hydrogen-bond acceptors (Lipinski definition) is 8. The van der Waals surface area contributed by atoms with Gasteiger partial charge < -0.3 is 24.2 Å². The van der Waals surface area contributed by atoms with Crippen LogP contribution in [0.2, 0.25) is 0 Å². The molecule has 140 valence electrons. The van der Waals surface area contributed by atoms with Crippen molar-refractivity contribution in [3.8, 4) is 0 Å². The minimum Gasteiger partial charge on any atom is -0.543 e. The van der Waals surface area contributed by atoms with Gasteiger partial charge in [0.1, 0.15) is 11.6 Å². The first-order chi connectivity index (χ1) is 12.9. The Kier molecular flexibility index (Phi) is 9.88. The molecule has 0 aliphatic heterocycles. The van der Waals surface area contributed by atoms with E-state index in [0.29, 0.717) is 40.0 Å². The first-order valence-corrected chi connectivity index (χ1v) is 9.35. The molecule has 3 aromatic rings. The molecule has 2 aromatic heterocycles. The second-order valence-electron chi connectivity index (χ2n) is 5.87. The van der Waals surface area contributed by atoms with Crippen molar-refractivity contribution in [3.63, 3.8) is 0 Å². The zero-order valence-electron chi connectivity index (χ0n) is 16.7. The first kappa shape index (κ1) is 26.2. The molecule has 0 bridgehead atoms. The number of benzene rings is 1. The van der Waals surface area contributed by atoms with Crippen molar-refractivity contribution in [2.45, 2.75) is 31.6 Å². The van der Waals surface area contributed by atoms with Gasteiger partial charge in [0.25, 0.3) is 0 Å². The SMILES string of the molecule is CCCc1c2nc(C(=O)[O-])cc(SCC)c2cc2c(=O)cc(C(=O)[O-])oc12.[Na+].[Na+]. The molecule has 29 heavy (non-hydrogen) atoms. The Hall–Kier alpha value is -0.870. The number of aromatic nitrogens is 1. The van der Waals surface area contributed by atoms with Crippen LogP contribution in [0.15, 0.2) is 32.3 Å². The van der Waals surface area contributed by atoms with E-state index in [-0.39, 0.29) is 75.8 Å². The van der Waals surface area contributed by atoms with E-state index in [0.717, 1.165) is 6.07 Å². The number of aromatic carboxylic acids is 2. The molecule has 1 aromatic carbocycles. The summed E-state index contributed by atoms with van der Waals surface area (Å²) in [4.78, 5) is 39.9. The van der Waals surface area contributed by atoms with Gasteiger partial charge in [-0.1, -0.05) is 20.3 Å². The molecule has 0 atom stereocenters. The number of nitrogens with zero attached hydrogens (tertiary/aromatic N) is 1. The number of rotatable bonds is 6. The van der Waals surface area contributed by atoms with Gasteiger partial charge in [-0.3, -0.25) is 4.79 Å². The van der Waals surface area contributed by atoms with E-state index < -0.39 is 23.1 Å². The zero-order valence-corrected chi connectivity index (χ0v) is 21.5. The van der Waals surface area contributed by atoms with Gasteiger partial charge in [0.2, 0.25) is 0 Å². The predicted octanol–water partition coefficient (Wildman–Crippen LogP) is -4.86. The number of pyridine rings is 1. The molecule has 0 unspecified atom stereocenters. The summed E-state index contributed by atoms with van der Waals surface area (Å²) in [7, 11) is 0. The minimum atomic E-state index is -1.60. The third-order valence-corrected chi connectivity index (χ3v) is 5.00. The Morgan fingerprint density at radius 1 is 1.07 bits per heavy atom. The average molecular weight is 431 g/mol. The maximum Gasteiger partial charge on any atom is 1.00 e. The van der Waals surface area contributed by atoms with Gasteiger partial charge in [0.05, 0.1) is 22.6 Å². The number of carboxylic acids is 2. The van der Waals surface area contributed by atoms with E-state index in [9.17, 15) is 24.6 Å². The standard InChI is InChI=1S/C19H17NO6S.2Na/c1-3-5-9-16-11(15(27-4-2)7-12(20-16)18(22)23)6-10-13(21)8-14(19(24)25)26-17(9)10;;/h6-8H,3-5H2,1-2H3,(H,22,23)(H,24,25);;/q;2*+1/p-2. The van der Waals surface area contributed by atoms with Crippen molar-refractivity contribution in [1.82, 2.24) is 4.98 Å². The smallest absolute Gasteiger partial charge is 0.543 e. The summed E-state index contributed by atoms with van der Waals surface area (Å²) in [6.45, 7) is 3.82. The molecule has 0 saturated heterocycles. The number of carbonyl (C=O) groups excluding carboxylic acids is 2. The molecule has 2 heterocycles. The fourth-order valence-electron chi connectivity index (χ4n) is 2.98. The molecule has 0 aliphatic rings. The summed E-state index contributed by atoms with van der Waals surface area (Å²) < 4.78 is 5.42. The van der Waals surface area contributed by atoms with Crippen molar-refractivity contribution in [1.29, 1.82) is 0 Å². The molecular formula is C19H15NNa2O6S. The maximum absolute atomic E-state index is 12.5. The molecule has 3 rings (SSSR count). The number of fused-ring (bicyclic) bond motifs is 2. The number of carboxylic acid groups (broad SMARTS) is 2. The van der Waals surface area contributed by atoms with Crippen LogP contribution in [0.3, 0.4) is 0 Å². The second-order valence-corrected chi connectivity index (χ2v) is 7.17. The third kappa shape index (κ3) is 5.25. The number of hydrogen-bond donors (Lipinski definition) is 0. The minimum absolute atomic E-state index is 0. The second kappa shape index (κ2) is 10.9. The summed E-state index contributed by atoms with van der Waals surface area (Å²) in [6, 6.07) is 3.87. The van der Waals surface area contributed by atoms with E-state index in [1.54, 1.807) is 6.07 Å². The van der Waals surface area contributed by atoms with Crippen LogP contribution in [0.4, 0.5) is 0 Å². The van der Waals surface area contributed by atoms with Gasteiger partial charge in [0.15, 0.2) is 11.2 Å². The fraction of sp³-hybridized carbons (Fsp3) is 0.263. The monoisotopic (exact) mass is 431 g/mol. The summed E-state index contributed by atoms with van der Waals surface area (Å²) in [5, 5.41) is 23.4. The molecule has 7 nitrogen and oxygen atoms in total. The van der Waals surface area contributed by atoms with Crippen molar-refractivity contribution in [2.75, 3.05) is 5.75 Å². The van der Waals surface area contributed by atoms with Crippen LogP contribution < -0.4 is 74.8 Å². The van der Waals surface area contributed by atoms with Crippen LogP contribution >= 0.6 is 11.8 Å². The molecule has 0 fully saturated rings. The van der Waals surface area contributed by atoms with Gasteiger partial charge in [-0.25, -0.2) is 4.98 Å². The summed E-state index contributed by atoms with van der Waals surface area (Å²) >= 11 is 1.42. The topological polar surface area (TPSA) is 123 Å². The van der Waals surface area contributed by atoms with E-state index in [1.807, 2.05) is 13.8 Å². The Labute approximate surface area is 214 Å². The quantitative estimate of drug-likeness (QED) is 0.216. The molecule has 0 amide bonds. The zero-order chi connectivity index (χ0) is 19.7. The van der Waals surface area contributed by atoms with Crippen LogP contribution in [0.25, 0.3) is 21.9 Å². The first-order valence-electron chi connectivity index (χ1n) is 8.37. The van der Waals surface area contributed by atoms with Crippen molar-refractivity contribution < 1.29 is 83.3 Å². The van der Waals surface area contributed by atoms with Crippen molar-refractivity contribution >= 4 is 45.6 Å². The molecule has 10 heteroatoms. The van der Waals surface area contributed by atoms with E-state index in [2.05, 4.69) is 4.98 Å². The number of thioether (sulfide) groups is 1. The molecule has 0 saturated carbocycles. The van der Waals surface area contributed by atoms with Crippen LogP contribution in [0, 0.1) is 0 Å². The molecule has 0 aliphatic carbocycles. The van der Waals surface area contributed by atoms with Crippen molar-refractivity contribution in [2.24, 2.45) is 0 Å². The van der Waals surface area contributed by atoms with Gasteiger partial charge in [-0.15, -0.1) is 11.8 Å². The van der Waals surface area contributed by atoms with Crippen LogP contribution in [-0.4, -0.2) is 22.7 Å². The van der Waals surface area contributed by atoms with E-state index in [4.69, 9.17) is 4.42 Å². The summed E-state index contributed by atoms with van der Waals surface area (Å²) in [5.41, 5.74) is 0.207. The molecule has 0 spiro atoms. The van der Waals surface area contributed by atoms with Crippen LogP contribution in [-0.2, 0) is 6.42 Å². The van der Waals surface area contributed by atoms with Crippen LogP contribution in [0.5, 0.6) is 0 Å². The maximum atomic E-state index is 12.5. The largest absolute Gasteiger partial charge is 1.00 e. The van der Waals surface area contributed by atoms with Crippen molar-refractivity contribution in [3.05, 3.63) is 45.4 Å². The van der Waals surface area contributed by atoms with Gasteiger partial charge in [-0.05, 0) is 24.3 Å². The Balaban J connectivity index is 0.00000210. The Morgan fingerprint density at radius 3 is 2.31 bits per heavy atom.